The summed E-state index contributed by atoms with van der Waals surface area (Å²) >= 11 is 3.78. The Hall–Kier alpha value is -2.06. The molecular weight excluding hydrogens is 348 g/mol. The molecule has 1 aliphatic carbocycles. The summed E-state index contributed by atoms with van der Waals surface area (Å²) in [5, 5.41) is 2.35. The van der Waals surface area contributed by atoms with Gasteiger partial charge in [0.05, 0.1) is 0 Å². The molecule has 0 radical (unpaired) electrons. The van der Waals surface area contributed by atoms with Gasteiger partial charge in [-0.2, -0.15) is 0 Å². The minimum Gasteiger partial charge on any atom is -0.456 e. The monoisotopic (exact) mass is 362 g/mol. The van der Waals surface area contributed by atoms with Gasteiger partial charge in [0.15, 0.2) is 0 Å². The minimum absolute atomic E-state index is 0.0568. The van der Waals surface area contributed by atoms with E-state index in [-0.39, 0.29) is 5.41 Å². The molecule has 4 aromatic rings. The molecule has 0 unspecified atom stereocenters. The number of fused-ring (bicyclic) bond motifs is 7. The van der Waals surface area contributed by atoms with E-state index in [2.05, 4.69) is 72.2 Å². The van der Waals surface area contributed by atoms with Crippen molar-refractivity contribution in [1.29, 1.82) is 0 Å². The molecule has 0 bridgehead atoms. The molecule has 0 fully saturated rings. The van der Waals surface area contributed by atoms with Gasteiger partial charge in [0, 0.05) is 26.2 Å². The molecule has 0 aliphatic heterocycles. The van der Waals surface area contributed by atoms with Crippen LogP contribution in [-0.2, 0) is 5.41 Å². The van der Waals surface area contributed by atoms with Crippen molar-refractivity contribution in [3.8, 4) is 11.1 Å². The Balaban J connectivity index is 2.03. The van der Waals surface area contributed by atoms with Crippen molar-refractivity contribution in [1.82, 2.24) is 0 Å². The van der Waals surface area contributed by atoms with Crippen molar-refractivity contribution in [2.45, 2.75) is 19.3 Å². The third-order valence-electron chi connectivity index (χ3n) is 5.12. The summed E-state index contributed by atoms with van der Waals surface area (Å²) in [5.74, 6) is 0. The number of furan rings is 1. The molecule has 0 atom stereocenters. The third kappa shape index (κ3) is 1.57. The first-order valence-corrected chi connectivity index (χ1v) is 8.62. The number of halogens is 1. The van der Waals surface area contributed by atoms with Crippen LogP contribution < -0.4 is 0 Å². The predicted molar refractivity (Wildman–Crippen MR) is 99.0 cm³/mol. The van der Waals surface area contributed by atoms with Crippen LogP contribution in [-0.4, -0.2) is 0 Å². The summed E-state index contributed by atoms with van der Waals surface area (Å²) in [6.07, 6.45) is 0. The SMILES string of the molecule is CC1(C)c2ccccc2-c2cc(Br)c3c(oc4ccccc43)c21. The lowest BCUT2D eigenvalue weighted by molar-refractivity contribution is 0.620. The van der Waals surface area contributed by atoms with Crippen LogP contribution in [0.25, 0.3) is 33.1 Å². The van der Waals surface area contributed by atoms with Gasteiger partial charge in [-0.15, -0.1) is 0 Å². The van der Waals surface area contributed by atoms with Gasteiger partial charge in [-0.05, 0) is 44.8 Å². The molecule has 0 spiro atoms. The summed E-state index contributed by atoms with van der Waals surface area (Å²) in [4.78, 5) is 0. The van der Waals surface area contributed by atoms with Gasteiger partial charge in [0.25, 0.3) is 0 Å². The zero-order valence-corrected chi connectivity index (χ0v) is 14.6. The molecule has 0 N–H and O–H groups in total. The average Bonchev–Trinajstić information content (AvgIpc) is 3.03. The number of hydrogen-bond acceptors (Lipinski definition) is 1. The van der Waals surface area contributed by atoms with Gasteiger partial charge < -0.3 is 4.42 Å². The second-order valence-corrected chi connectivity index (χ2v) is 7.61. The highest BCUT2D eigenvalue weighted by atomic mass is 79.9. The summed E-state index contributed by atoms with van der Waals surface area (Å²) in [7, 11) is 0. The minimum atomic E-state index is -0.0568. The van der Waals surface area contributed by atoms with E-state index in [0.29, 0.717) is 0 Å². The molecular formula is C21H15BrO. The zero-order chi connectivity index (χ0) is 15.8. The second kappa shape index (κ2) is 4.27. The molecule has 1 heterocycles. The smallest absolute Gasteiger partial charge is 0.141 e. The summed E-state index contributed by atoms with van der Waals surface area (Å²) in [6.45, 7) is 4.58. The molecule has 0 saturated heterocycles. The molecule has 3 aromatic carbocycles. The van der Waals surface area contributed by atoms with Crippen LogP contribution in [0, 0.1) is 0 Å². The van der Waals surface area contributed by atoms with Crippen molar-refractivity contribution in [2.24, 2.45) is 0 Å². The third-order valence-corrected chi connectivity index (χ3v) is 5.74. The number of benzene rings is 3. The van der Waals surface area contributed by atoms with Crippen molar-refractivity contribution < 1.29 is 4.42 Å². The largest absolute Gasteiger partial charge is 0.456 e. The fourth-order valence-corrected chi connectivity index (χ4v) is 4.71. The van der Waals surface area contributed by atoms with Crippen LogP contribution in [0.15, 0.2) is 63.5 Å². The molecule has 1 aliphatic rings. The van der Waals surface area contributed by atoms with Crippen molar-refractivity contribution >= 4 is 37.9 Å². The van der Waals surface area contributed by atoms with Crippen molar-refractivity contribution in [2.75, 3.05) is 0 Å². The van der Waals surface area contributed by atoms with E-state index in [1.807, 2.05) is 12.1 Å². The molecule has 112 valence electrons. The van der Waals surface area contributed by atoms with Crippen LogP contribution >= 0.6 is 15.9 Å². The molecule has 0 amide bonds. The van der Waals surface area contributed by atoms with E-state index < -0.39 is 0 Å². The van der Waals surface area contributed by atoms with Gasteiger partial charge in [0.1, 0.15) is 11.2 Å². The normalized spacial score (nSPS) is 15.1. The maximum Gasteiger partial charge on any atom is 0.141 e. The van der Waals surface area contributed by atoms with Crippen LogP contribution in [0.2, 0.25) is 0 Å². The predicted octanol–water partition coefficient (Wildman–Crippen LogP) is 6.65. The van der Waals surface area contributed by atoms with Crippen LogP contribution in [0.3, 0.4) is 0 Å². The summed E-state index contributed by atoms with van der Waals surface area (Å²) < 4.78 is 7.41. The van der Waals surface area contributed by atoms with E-state index in [9.17, 15) is 0 Å². The van der Waals surface area contributed by atoms with Crippen LogP contribution in [0.5, 0.6) is 0 Å². The Kier molecular flexibility index (Phi) is 2.48. The maximum atomic E-state index is 6.31. The molecule has 1 nitrogen and oxygen atoms in total. The summed E-state index contributed by atoms with van der Waals surface area (Å²) in [6, 6.07) is 19.2. The zero-order valence-electron chi connectivity index (χ0n) is 13.0. The molecule has 23 heavy (non-hydrogen) atoms. The molecule has 1 aromatic heterocycles. The van der Waals surface area contributed by atoms with Crippen molar-refractivity contribution in [3.63, 3.8) is 0 Å². The first-order valence-electron chi connectivity index (χ1n) is 7.83. The highest BCUT2D eigenvalue weighted by molar-refractivity contribution is 9.10. The lowest BCUT2D eigenvalue weighted by Gasteiger charge is -2.21. The number of para-hydroxylation sites is 1. The first-order chi connectivity index (χ1) is 11.1. The van der Waals surface area contributed by atoms with Gasteiger partial charge in [-0.3, -0.25) is 0 Å². The topological polar surface area (TPSA) is 13.1 Å². The molecule has 5 rings (SSSR count). The van der Waals surface area contributed by atoms with Crippen LogP contribution in [0.4, 0.5) is 0 Å². The fourth-order valence-electron chi connectivity index (χ4n) is 4.08. The maximum absolute atomic E-state index is 6.31. The Bertz CT molecular complexity index is 1100. The number of hydrogen-bond donors (Lipinski definition) is 0. The Morgan fingerprint density at radius 2 is 1.65 bits per heavy atom. The quantitative estimate of drug-likeness (QED) is 0.341. The Labute approximate surface area is 143 Å². The van der Waals surface area contributed by atoms with E-state index in [4.69, 9.17) is 4.42 Å². The van der Waals surface area contributed by atoms with E-state index >= 15 is 0 Å². The molecule has 2 heteroatoms. The molecule has 0 saturated carbocycles. The van der Waals surface area contributed by atoms with E-state index in [1.54, 1.807) is 0 Å². The highest BCUT2D eigenvalue weighted by Gasteiger charge is 2.38. The second-order valence-electron chi connectivity index (χ2n) is 6.75. The summed E-state index contributed by atoms with van der Waals surface area (Å²) in [5.41, 5.74) is 7.17. The van der Waals surface area contributed by atoms with Crippen molar-refractivity contribution in [3.05, 3.63) is 70.2 Å². The van der Waals surface area contributed by atoms with Gasteiger partial charge >= 0.3 is 0 Å². The van der Waals surface area contributed by atoms with E-state index in [1.165, 1.54) is 33.0 Å². The lowest BCUT2D eigenvalue weighted by atomic mass is 9.82. The first kappa shape index (κ1) is 13.4. The number of rotatable bonds is 0. The lowest BCUT2D eigenvalue weighted by Crippen LogP contribution is -2.15. The Morgan fingerprint density at radius 3 is 2.52 bits per heavy atom. The standard InChI is InChI=1S/C21H15BrO/c1-21(2)15-9-5-3-7-12(15)14-11-16(22)18-13-8-4-6-10-17(13)23-20(18)19(14)21/h3-11H,1-2H3. The van der Waals surface area contributed by atoms with E-state index in [0.717, 1.165) is 15.6 Å². The fraction of sp³-hybridized carbons (Fsp3) is 0.143. The van der Waals surface area contributed by atoms with Gasteiger partial charge in [0.2, 0.25) is 0 Å². The highest BCUT2D eigenvalue weighted by Crippen LogP contribution is 2.53. The Morgan fingerprint density at radius 1 is 0.913 bits per heavy atom. The van der Waals surface area contributed by atoms with Gasteiger partial charge in [-0.25, -0.2) is 0 Å². The average molecular weight is 363 g/mol. The van der Waals surface area contributed by atoms with Gasteiger partial charge in [-0.1, -0.05) is 56.3 Å². The van der Waals surface area contributed by atoms with Crippen LogP contribution in [0.1, 0.15) is 25.0 Å².